The second-order valence-corrected chi connectivity index (χ2v) is 6.13. The lowest BCUT2D eigenvalue weighted by molar-refractivity contribution is 0.543. The van der Waals surface area contributed by atoms with Gasteiger partial charge in [0.2, 0.25) is 10.0 Å². The Morgan fingerprint density at radius 1 is 1.25 bits per heavy atom. The quantitative estimate of drug-likeness (QED) is 0.870. The Labute approximate surface area is 100 Å². The molecule has 2 rings (SSSR count). The zero-order valence-electron chi connectivity index (χ0n) is 8.00. The summed E-state index contributed by atoms with van der Waals surface area (Å²) in [6.07, 6.45) is 1.47. The molecule has 0 amide bonds. The molecule has 16 heavy (non-hydrogen) atoms. The van der Waals surface area contributed by atoms with Gasteiger partial charge < -0.3 is 0 Å². The van der Waals surface area contributed by atoms with Gasteiger partial charge >= 0.3 is 0 Å². The smallest absolute Gasteiger partial charge is 0.208 e. The zero-order valence-corrected chi connectivity index (χ0v) is 10.4. The van der Waals surface area contributed by atoms with Crippen LogP contribution in [0, 0.1) is 11.6 Å². The first kappa shape index (κ1) is 11.9. The van der Waals surface area contributed by atoms with E-state index >= 15 is 0 Å². The molecule has 1 aromatic rings. The molecule has 0 atom stereocenters. The molecule has 7 heteroatoms. The Morgan fingerprint density at radius 3 is 2.44 bits per heavy atom. The van der Waals surface area contributed by atoms with E-state index in [2.05, 4.69) is 20.7 Å². The highest BCUT2D eigenvalue weighted by atomic mass is 79.9. The average Bonchev–Trinajstić information content (AvgIpc) is 2.94. The molecule has 1 aliphatic rings. The predicted octanol–water partition coefficient (Wildman–Crippen LogP) is 2.17. The fourth-order valence-corrected chi connectivity index (χ4v) is 2.89. The standard InChI is InChI=1S/C9H8BrF2NO2S/c10-6-3-8(12)9(4-7(6)11)16(14,15)13-5-1-2-5/h3-5,13H,1-2H2. The van der Waals surface area contributed by atoms with Crippen molar-refractivity contribution in [3.8, 4) is 0 Å². The number of hydrogen-bond acceptors (Lipinski definition) is 2. The summed E-state index contributed by atoms with van der Waals surface area (Å²) in [6, 6.07) is 1.33. The van der Waals surface area contributed by atoms with Crippen LogP contribution in [0.2, 0.25) is 0 Å². The van der Waals surface area contributed by atoms with Crippen molar-refractivity contribution in [3.05, 3.63) is 28.2 Å². The van der Waals surface area contributed by atoms with Gasteiger partial charge in [0.25, 0.3) is 0 Å². The van der Waals surface area contributed by atoms with Crippen LogP contribution in [0.5, 0.6) is 0 Å². The van der Waals surface area contributed by atoms with Gasteiger partial charge in [0.1, 0.15) is 16.5 Å². The average molecular weight is 312 g/mol. The summed E-state index contributed by atoms with van der Waals surface area (Å²) in [4.78, 5) is -0.653. The van der Waals surface area contributed by atoms with Crippen LogP contribution in [0.3, 0.4) is 0 Å². The van der Waals surface area contributed by atoms with Crippen LogP contribution in [-0.2, 0) is 10.0 Å². The van der Waals surface area contributed by atoms with Crippen molar-refractivity contribution in [2.24, 2.45) is 0 Å². The first-order valence-electron chi connectivity index (χ1n) is 4.57. The Balaban J connectivity index is 2.42. The second-order valence-electron chi connectivity index (χ2n) is 3.59. The van der Waals surface area contributed by atoms with E-state index in [0.717, 1.165) is 18.9 Å². The second kappa shape index (κ2) is 4.05. The SMILES string of the molecule is O=S(=O)(NC1CC1)c1cc(F)c(Br)cc1F. The molecule has 1 fully saturated rings. The number of benzene rings is 1. The van der Waals surface area contributed by atoms with Crippen molar-refractivity contribution in [3.63, 3.8) is 0 Å². The van der Waals surface area contributed by atoms with Crippen molar-refractivity contribution in [2.75, 3.05) is 0 Å². The van der Waals surface area contributed by atoms with Gasteiger partial charge in [-0.15, -0.1) is 0 Å². The predicted molar refractivity (Wildman–Crippen MR) is 57.4 cm³/mol. The van der Waals surface area contributed by atoms with Crippen LogP contribution in [0.4, 0.5) is 8.78 Å². The normalized spacial score (nSPS) is 16.4. The van der Waals surface area contributed by atoms with Gasteiger partial charge in [0.15, 0.2) is 0 Å². The number of nitrogens with one attached hydrogen (secondary N) is 1. The van der Waals surface area contributed by atoms with E-state index in [1.165, 1.54) is 0 Å². The minimum absolute atomic E-state index is 0.102. The lowest BCUT2D eigenvalue weighted by Crippen LogP contribution is -2.26. The van der Waals surface area contributed by atoms with Crippen LogP contribution < -0.4 is 4.72 Å². The molecule has 0 spiro atoms. The minimum Gasteiger partial charge on any atom is -0.208 e. The van der Waals surface area contributed by atoms with Gasteiger partial charge in [-0.05, 0) is 40.9 Å². The summed E-state index contributed by atoms with van der Waals surface area (Å²) in [5.74, 6) is -1.78. The van der Waals surface area contributed by atoms with Gasteiger partial charge in [0, 0.05) is 6.04 Å². The molecule has 0 saturated heterocycles. The highest BCUT2D eigenvalue weighted by molar-refractivity contribution is 9.10. The summed E-state index contributed by atoms with van der Waals surface area (Å²) in [5.41, 5.74) is 0. The molecule has 1 saturated carbocycles. The summed E-state index contributed by atoms with van der Waals surface area (Å²) in [7, 11) is -3.95. The van der Waals surface area contributed by atoms with E-state index in [4.69, 9.17) is 0 Å². The molecule has 0 heterocycles. The highest BCUT2D eigenvalue weighted by Crippen LogP contribution is 2.26. The van der Waals surface area contributed by atoms with Gasteiger partial charge in [-0.25, -0.2) is 21.9 Å². The lowest BCUT2D eigenvalue weighted by Gasteiger charge is -2.07. The Hall–Kier alpha value is -0.530. The van der Waals surface area contributed by atoms with E-state index in [0.29, 0.717) is 6.07 Å². The third kappa shape index (κ3) is 2.41. The summed E-state index contributed by atoms with van der Waals surface area (Å²) in [5, 5.41) is 0. The van der Waals surface area contributed by atoms with E-state index in [1.807, 2.05) is 0 Å². The van der Waals surface area contributed by atoms with Gasteiger partial charge in [-0.1, -0.05) is 0 Å². The van der Waals surface area contributed by atoms with Crippen LogP contribution in [0.25, 0.3) is 0 Å². The third-order valence-electron chi connectivity index (χ3n) is 2.16. The largest absolute Gasteiger partial charge is 0.243 e. The van der Waals surface area contributed by atoms with Crippen molar-refractivity contribution in [1.82, 2.24) is 4.72 Å². The van der Waals surface area contributed by atoms with Crippen LogP contribution in [0.15, 0.2) is 21.5 Å². The molecule has 0 bridgehead atoms. The molecular weight excluding hydrogens is 304 g/mol. The van der Waals surface area contributed by atoms with E-state index < -0.39 is 26.6 Å². The van der Waals surface area contributed by atoms with E-state index in [9.17, 15) is 17.2 Å². The first-order valence-corrected chi connectivity index (χ1v) is 6.84. The summed E-state index contributed by atoms with van der Waals surface area (Å²) < 4.78 is 52.0. The zero-order chi connectivity index (χ0) is 11.9. The maximum Gasteiger partial charge on any atom is 0.243 e. The van der Waals surface area contributed by atoms with E-state index in [1.54, 1.807) is 0 Å². The Morgan fingerprint density at radius 2 is 1.88 bits per heavy atom. The number of rotatable bonds is 3. The third-order valence-corrected chi connectivity index (χ3v) is 4.31. The Bertz CT molecular complexity index is 529. The van der Waals surface area contributed by atoms with Crippen molar-refractivity contribution in [2.45, 2.75) is 23.8 Å². The number of halogens is 3. The number of sulfonamides is 1. The van der Waals surface area contributed by atoms with E-state index in [-0.39, 0.29) is 10.5 Å². The van der Waals surface area contributed by atoms with Crippen LogP contribution >= 0.6 is 15.9 Å². The molecule has 1 aromatic carbocycles. The lowest BCUT2D eigenvalue weighted by atomic mass is 10.3. The van der Waals surface area contributed by atoms with Gasteiger partial charge in [-0.2, -0.15) is 0 Å². The molecule has 1 aliphatic carbocycles. The van der Waals surface area contributed by atoms with Crippen LogP contribution in [-0.4, -0.2) is 14.5 Å². The van der Waals surface area contributed by atoms with Gasteiger partial charge in [-0.3, -0.25) is 0 Å². The highest BCUT2D eigenvalue weighted by Gasteiger charge is 2.30. The molecule has 88 valence electrons. The molecule has 0 radical (unpaired) electrons. The maximum atomic E-state index is 13.4. The molecule has 0 unspecified atom stereocenters. The van der Waals surface area contributed by atoms with Crippen molar-refractivity contribution >= 4 is 26.0 Å². The van der Waals surface area contributed by atoms with Crippen molar-refractivity contribution in [1.29, 1.82) is 0 Å². The molecular formula is C9H8BrF2NO2S. The number of hydrogen-bond donors (Lipinski definition) is 1. The monoisotopic (exact) mass is 311 g/mol. The molecule has 1 N–H and O–H groups in total. The summed E-state index contributed by atoms with van der Waals surface area (Å²) >= 11 is 2.78. The first-order chi connectivity index (χ1) is 7.40. The molecule has 0 aliphatic heterocycles. The minimum atomic E-state index is -3.95. The van der Waals surface area contributed by atoms with Gasteiger partial charge in [0.05, 0.1) is 4.47 Å². The fourth-order valence-electron chi connectivity index (χ4n) is 1.19. The fraction of sp³-hybridized carbons (Fsp3) is 0.333. The maximum absolute atomic E-state index is 13.4. The summed E-state index contributed by atoms with van der Waals surface area (Å²) in [6.45, 7) is 0. The Kier molecular flexibility index (Phi) is 3.02. The van der Waals surface area contributed by atoms with Crippen molar-refractivity contribution < 1.29 is 17.2 Å². The molecule has 3 nitrogen and oxygen atoms in total. The topological polar surface area (TPSA) is 46.2 Å². The van der Waals surface area contributed by atoms with Crippen LogP contribution in [0.1, 0.15) is 12.8 Å². The molecule has 0 aromatic heterocycles.